The molecule has 2 aliphatic rings. The molecule has 3 atom stereocenters. The molecule has 86 valence electrons. The van der Waals surface area contributed by atoms with Crippen molar-refractivity contribution in [3.8, 4) is 0 Å². The molecular weight excluding hydrogens is 199 g/mol. The van der Waals surface area contributed by atoms with Gasteiger partial charge in [-0.2, -0.15) is 0 Å². The Labute approximate surface area is 88.8 Å². The van der Waals surface area contributed by atoms with E-state index in [0.29, 0.717) is 32.7 Å². The Bertz CT molecular complexity index is 250. The Kier molecular flexibility index (Phi) is 3.21. The van der Waals surface area contributed by atoms with E-state index in [9.17, 15) is 9.18 Å². The summed E-state index contributed by atoms with van der Waals surface area (Å²) in [5.74, 6) is 0.0188. The summed E-state index contributed by atoms with van der Waals surface area (Å²) in [7, 11) is 0. The Morgan fingerprint density at radius 3 is 3.00 bits per heavy atom. The minimum atomic E-state index is -0.877. The summed E-state index contributed by atoms with van der Waals surface area (Å²) in [6.45, 7) is 4.07. The molecule has 1 unspecified atom stereocenters. The fraction of sp³-hybridized carbons (Fsp3) is 0.900. The molecule has 0 saturated carbocycles. The predicted molar refractivity (Wildman–Crippen MR) is 53.3 cm³/mol. The van der Waals surface area contributed by atoms with Gasteiger partial charge in [-0.05, 0) is 6.92 Å². The van der Waals surface area contributed by atoms with Crippen LogP contribution in [0.25, 0.3) is 0 Å². The van der Waals surface area contributed by atoms with Gasteiger partial charge in [0.1, 0.15) is 6.17 Å². The number of alkyl halides is 1. The van der Waals surface area contributed by atoms with Crippen molar-refractivity contribution in [2.75, 3.05) is 26.2 Å². The summed E-state index contributed by atoms with van der Waals surface area (Å²) in [4.78, 5) is 13.7. The highest BCUT2D eigenvalue weighted by Crippen LogP contribution is 2.14. The molecule has 1 amide bonds. The Hall–Kier alpha value is -0.680. The first-order valence-corrected chi connectivity index (χ1v) is 5.44. The summed E-state index contributed by atoms with van der Waals surface area (Å²) in [5.41, 5.74) is 0. The molecule has 0 bridgehead atoms. The molecule has 2 aliphatic heterocycles. The molecule has 0 aromatic carbocycles. The molecule has 0 aliphatic carbocycles. The third-order valence-corrected chi connectivity index (χ3v) is 2.93. The topological polar surface area (TPSA) is 41.6 Å². The number of nitrogens with zero attached hydrogens (tertiary/aromatic N) is 1. The van der Waals surface area contributed by atoms with Crippen LogP contribution >= 0.6 is 0 Å². The number of hydrogen-bond donors (Lipinski definition) is 1. The van der Waals surface area contributed by atoms with Crippen molar-refractivity contribution < 1.29 is 13.9 Å². The Morgan fingerprint density at radius 2 is 2.40 bits per heavy atom. The second-order valence-corrected chi connectivity index (χ2v) is 4.26. The van der Waals surface area contributed by atoms with Crippen molar-refractivity contribution >= 4 is 5.91 Å². The van der Waals surface area contributed by atoms with Crippen LogP contribution in [0, 0.1) is 0 Å². The van der Waals surface area contributed by atoms with Crippen LogP contribution in [0.5, 0.6) is 0 Å². The molecular formula is C10H17FN2O2. The SMILES string of the molecule is CC1CN(C(=O)[C@H]2C[C@H](F)CN2)CCO1. The maximum absolute atomic E-state index is 12.9. The maximum atomic E-state index is 12.9. The number of rotatable bonds is 1. The van der Waals surface area contributed by atoms with E-state index in [0.717, 1.165) is 0 Å². The summed E-state index contributed by atoms with van der Waals surface area (Å²) in [6, 6.07) is -0.328. The standard InChI is InChI=1S/C10H17FN2O2/c1-7-6-13(2-3-15-7)10(14)9-4-8(11)5-12-9/h7-9,12H,2-6H2,1H3/t7?,8-,9+/m0/s1. The minimum absolute atomic E-state index is 0.0188. The maximum Gasteiger partial charge on any atom is 0.239 e. The molecule has 5 heteroatoms. The smallest absolute Gasteiger partial charge is 0.239 e. The fourth-order valence-corrected chi connectivity index (χ4v) is 2.12. The van der Waals surface area contributed by atoms with Gasteiger partial charge < -0.3 is 15.0 Å². The van der Waals surface area contributed by atoms with Gasteiger partial charge in [0.2, 0.25) is 5.91 Å². The zero-order valence-electron chi connectivity index (χ0n) is 8.91. The van der Waals surface area contributed by atoms with Gasteiger partial charge in [0.25, 0.3) is 0 Å². The van der Waals surface area contributed by atoms with Crippen molar-refractivity contribution in [3.05, 3.63) is 0 Å². The summed E-state index contributed by atoms with van der Waals surface area (Å²) in [6.07, 6.45) is -0.479. The number of hydrogen-bond acceptors (Lipinski definition) is 3. The summed E-state index contributed by atoms with van der Waals surface area (Å²) < 4.78 is 18.3. The lowest BCUT2D eigenvalue weighted by molar-refractivity contribution is -0.140. The number of amides is 1. The zero-order chi connectivity index (χ0) is 10.8. The monoisotopic (exact) mass is 216 g/mol. The molecule has 4 nitrogen and oxygen atoms in total. The van der Waals surface area contributed by atoms with Gasteiger partial charge >= 0.3 is 0 Å². The van der Waals surface area contributed by atoms with Crippen LogP contribution in [0.2, 0.25) is 0 Å². The first-order valence-electron chi connectivity index (χ1n) is 5.44. The van der Waals surface area contributed by atoms with E-state index < -0.39 is 6.17 Å². The minimum Gasteiger partial charge on any atom is -0.375 e. The van der Waals surface area contributed by atoms with E-state index >= 15 is 0 Å². The third kappa shape index (κ3) is 2.46. The largest absolute Gasteiger partial charge is 0.375 e. The number of morpholine rings is 1. The van der Waals surface area contributed by atoms with Gasteiger partial charge in [-0.1, -0.05) is 0 Å². The molecule has 0 aromatic rings. The number of halogens is 1. The van der Waals surface area contributed by atoms with Crippen LogP contribution in [0.4, 0.5) is 4.39 Å². The molecule has 2 heterocycles. The molecule has 0 spiro atoms. The summed E-state index contributed by atoms with van der Waals surface area (Å²) >= 11 is 0. The highest BCUT2D eigenvalue weighted by molar-refractivity contribution is 5.82. The van der Waals surface area contributed by atoms with Crippen LogP contribution in [0.1, 0.15) is 13.3 Å². The van der Waals surface area contributed by atoms with Crippen LogP contribution < -0.4 is 5.32 Å². The average Bonchev–Trinajstić information content (AvgIpc) is 2.64. The zero-order valence-corrected chi connectivity index (χ0v) is 8.91. The van der Waals surface area contributed by atoms with Gasteiger partial charge in [-0.3, -0.25) is 4.79 Å². The van der Waals surface area contributed by atoms with E-state index in [1.165, 1.54) is 0 Å². The first-order chi connectivity index (χ1) is 7.16. The van der Waals surface area contributed by atoms with Crippen LogP contribution in [-0.2, 0) is 9.53 Å². The van der Waals surface area contributed by atoms with Gasteiger partial charge in [0, 0.05) is 26.1 Å². The Morgan fingerprint density at radius 1 is 1.60 bits per heavy atom. The van der Waals surface area contributed by atoms with Crippen molar-refractivity contribution in [3.63, 3.8) is 0 Å². The average molecular weight is 216 g/mol. The van der Waals surface area contributed by atoms with Crippen LogP contribution in [0.3, 0.4) is 0 Å². The molecule has 1 N–H and O–H groups in total. The lowest BCUT2D eigenvalue weighted by Gasteiger charge is -2.32. The normalized spacial score (nSPS) is 36.9. The van der Waals surface area contributed by atoms with Crippen molar-refractivity contribution in [2.24, 2.45) is 0 Å². The van der Waals surface area contributed by atoms with Crippen LogP contribution in [0.15, 0.2) is 0 Å². The summed E-state index contributed by atoms with van der Waals surface area (Å²) in [5, 5.41) is 2.91. The lowest BCUT2D eigenvalue weighted by Crippen LogP contribution is -2.50. The number of ether oxygens (including phenoxy) is 1. The molecule has 2 rings (SSSR count). The first kappa shape index (κ1) is 10.8. The van der Waals surface area contributed by atoms with Gasteiger partial charge in [-0.25, -0.2) is 4.39 Å². The highest BCUT2D eigenvalue weighted by Gasteiger charge is 2.33. The van der Waals surface area contributed by atoms with Gasteiger partial charge in [0.15, 0.2) is 0 Å². The third-order valence-electron chi connectivity index (χ3n) is 2.93. The van der Waals surface area contributed by atoms with Gasteiger partial charge in [-0.15, -0.1) is 0 Å². The fourth-order valence-electron chi connectivity index (χ4n) is 2.12. The van der Waals surface area contributed by atoms with Crippen molar-refractivity contribution in [1.82, 2.24) is 10.2 Å². The molecule has 0 radical (unpaired) electrons. The molecule has 2 fully saturated rings. The van der Waals surface area contributed by atoms with Gasteiger partial charge in [0.05, 0.1) is 18.8 Å². The van der Waals surface area contributed by atoms with E-state index in [4.69, 9.17) is 4.74 Å². The Balaban J connectivity index is 1.89. The lowest BCUT2D eigenvalue weighted by atomic mass is 10.1. The number of nitrogens with one attached hydrogen (secondary N) is 1. The second-order valence-electron chi connectivity index (χ2n) is 4.26. The predicted octanol–water partition coefficient (Wildman–Crippen LogP) is -0.0663. The van der Waals surface area contributed by atoms with E-state index in [2.05, 4.69) is 5.32 Å². The molecule has 15 heavy (non-hydrogen) atoms. The van der Waals surface area contributed by atoms with E-state index in [-0.39, 0.29) is 18.1 Å². The number of carbonyl (C=O) groups is 1. The van der Waals surface area contributed by atoms with Crippen molar-refractivity contribution in [1.29, 1.82) is 0 Å². The second kappa shape index (κ2) is 4.45. The van der Waals surface area contributed by atoms with Crippen LogP contribution in [-0.4, -0.2) is 55.4 Å². The van der Waals surface area contributed by atoms with E-state index in [1.54, 1.807) is 4.90 Å². The highest BCUT2D eigenvalue weighted by atomic mass is 19.1. The van der Waals surface area contributed by atoms with Crippen molar-refractivity contribution in [2.45, 2.75) is 31.7 Å². The van der Waals surface area contributed by atoms with E-state index in [1.807, 2.05) is 6.92 Å². The number of carbonyl (C=O) groups excluding carboxylic acids is 1. The quantitative estimate of drug-likeness (QED) is 0.667. The molecule has 0 aromatic heterocycles. The molecule has 2 saturated heterocycles.